The number of unbranched alkanes of at least 4 members (excludes halogenated alkanes) is 29. The second-order valence-corrected chi connectivity index (χ2v) is 17.1. The Labute approximate surface area is 365 Å². The van der Waals surface area contributed by atoms with E-state index in [-0.39, 0.29) is 31.1 Å². The maximum atomic E-state index is 12.8. The fourth-order valence-corrected chi connectivity index (χ4v) is 7.23. The molecule has 1 atom stereocenters. The molecular formula is C53H96O6. The van der Waals surface area contributed by atoms with E-state index in [2.05, 4.69) is 57.2 Å². The van der Waals surface area contributed by atoms with Gasteiger partial charge in [-0.1, -0.05) is 205 Å². The maximum Gasteiger partial charge on any atom is 0.306 e. The van der Waals surface area contributed by atoms with Crippen LogP contribution in [-0.4, -0.2) is 37.2 Å². The highest BCUT2D eigenvalue weighted by molar-refractivity contribution is 5.71. The van der Waals surface area contributed by atoms with Crippen LogP contribution in [0.4, 0.5) is 0 Å². The zero-order valence-electron chi connectivity index (χ0n) is 39.3. The van der Waals surface area contributed by atoms with Gasteiger partial charge in [0.2, 0.25) is 0 Å². The summed E-state index contributed by atoms with van der Waals surface area (Å²) in [5, 5.41) is 0. The molecule has 0 saturated heterocycles. The predicted molar refractivity (Wildman–Crippen MR) is 252 cm³/mol. The molecule has 0 N–H and O–H groups in total. The van der Waals surface area contributed by atoms with Crippen LogP contribution in [-0.2, 0) is 28.6 Å². The lowest BCUT2D eigenvalue weighted by Crippen LogP contribution is -2.30. The van der Waals surface area contributed by atoms with Crippen LogP contribution in [0.15, 0.2) is 36.5 Å². The van der Waals surface area contributed by atoms with Crippen LogP contribution in [0.3, 0.4) is 0 Å². The third-order valence-corrected chi connectivity index (χ3v) is 11.1. The normalized spacial score (nSPS) is 12.3. The molecule has 0 amide bonds. The van der Waals surface area contributed by atoms with Gasteiger partial charge in [0, 0.05) is 19.3 Å². The van der Waals surface area contributed by atoms with E-state index >= 15 is 0 Å². The first kappa shape index (κ1) is 56.6. The second kappa shape index (κ2) is 48.3. The van der Waals surface area contributed by atoms with Crippen molar-refractivity contribution in [1.29, 1.82) is 0 Å². The van der Waals surface area contributed by atoms with Gasteiger partial charge < -0.3 is 14.2 Å². The molecule has 0 aromatic rings. The predicted octanol–water partition coefficient (Wildman–Crippen LogP) is 16.5. The first-order valence-electron chi connectivity index (χ1n) is 25.5. The third kappa shape index (κ3) is 46.5. The molecule has 0 aliphatic rings. The minimum atomic E-state index is -0.776. The van der Waals surface area contributed by atoms with E-state index < -0.39 is 6.10 Å². The lowest BCUT2D eigenvalue weighted by molar-refractivity contribution is -0.167. The molecule has 0 heterocycles. The number of carbonyl (C=O) groups excluding carboxylic acids is 3. The number of hydrogen-bond donors (Lipinski definition) is 0. The highest BCUT2D eigenvalue weighted by atomic mass is 16.6. The van der Waals surface area contributed by atoms with Crippen LogP contribution < -0.4 is 0 Å². The van der Waals surface area contributed by atoms with Gasteiger partial charge in [0.1, 0.15) is 13.2 Å². The number of ether oxygens (including phenoxy) is 3. The molecule has 1 unspecified atom stereocenters. The third-order valence-electron chi connectivity index (χ3n) is 11.1. The maximum absolute atomic E-state index is 12.8. The Morgan fingerprint density at radius 1 is 0.339 bits per heavy atom. The zero-order chi connectivity index (χ0) is 43.0. The summed E-state index contributed by atoms with van der Waals surface area (Å²) < 4.78 is 16.8. The number of hydrogen-bond acceptors (Lipinski definition) is 6. The van der Waals surface area contributed by atoms with E-state index in [1.165, 1.54) is 141 Å². The lowest BCUT2D eigenvalue weighted by Gasteiger charge is -2.18. The van der Waals surface area contributed by atoms with Crippen molar-refractivity contribution in [3.63, 3.8) is 0 Å². The zero-order valence-corrected chi connectivity index (χ0v) is 39.3. The minimum absolute atomic E-state index is 0.0785. The summed E-state index contributed by atoms with van der Waals surface area (Å²) >= 11 is 0. The standard InChI is InChI=1S/C53H96O6/c1-4-7-10-13-16-19-22-25-26-27-29-31-34-37-40-43-46-52(55)58-49-50(48-57-51(54)45-42-39-36-33-30-24-21-18-15-12-9-6-3)59-53(56)47-44-41-38-35-32-28-23-20-17-14-11-8-5-2/h18-19,21-22,26-27,50H,4-17,20,23-25,28-49H2,1-3H3/b21-18-,22-19-,27-26-. The Hall–Kier alpha value is -2.37. The molecule has 0 spiro atoms. The highest BCUT2D eigenvalue weighted by Gasteiger charge is 2.19. The fraction of sp³-hybridized carbons (Fsp3) is 0.830. The Balaban J connectivity index is 4.38. The van der Waals surface area contributed by atoms with Gasteiger partial charge in [-0.2, -0.15) is 0 Å². The number of carbonyl (C=O) groups is 3. The van der Waals surface area contributed by atoms with Gasteiger partial charge in [-0.05, 0) is 77.0 Å². The molecule has 0 rings (SSSR count). The van der Waals surface area contributed by atoms with E-state index in [0.717, 1.165) is 83.5 Å². The SMILES string of the molecule is CCCCC/C=C\CCCCCCCC(=O)OCC(COC(=O)CCCCCCC/C=C\C/C=C\CCCCCC)OC(=O)CCCCCCCCCCCCCCC. The molecule has 0 aliphatic heterocycles. The summed E-state index contributed by atoms with van der Waals surface area (Å²) in [4.78, 5) is 37.9. The molecular weight excluding hydrogens is 733 g/mol. The molecule has 0 aromatic carbocycles. The van der Waals surface area contributed by atoms with E-state index in [1.54, 1.807) is 0 Å². The summed E-state index contributed by atoms with van der Waals surface area (Å²) in [7, 11) is 0. The van der Waals surface area contributed by atoms with Crippen molar-refractivity contribution in [2.24, 2.45) is 0 Å². The van der Waals surface area contributed by atoms with E-state index in [0.29, 0.717) is 19.3 Å². The van der Waals surface area contributed by atoms with Gasteiger partial charge >= 0.3 is 17.9 Å². The van der Waals surface area contributed by atoms with Crippen LogP contribution in [0.5, 0.6) is 0 Å². The van der Waals surface area contributed by atoms with Crippen LogP contribution in [0.25, 0.3) is 0 Å². The van der Waals surface area contributed by atoms with Gasteiger partial charge in [0.25, 0.3) is 0 Å². The first-order chi connectivity index (χ1) is 29.0. The first-order valence-corrected chi connectivity index (χ1v) is 25.5. The Morgan fingerprint density at radius 3 is 1.00 bits per heavy atom. The smallest absolute Gasteiger partial charge is 0.306 e. The second-order valence-electron chi connectivity index (χ2n) is 17.1. The van der Waals surface area contributed by atoms with Crippen LogP contribution >= 0.6 is 0 Å². The quantitative estimate of drug-likeness (QED) is 0.0263. The summed E-state index contributed by atoms with van der Waals surface area (Å²) in [6.45, 7) is 6.59. The van der Waals surface area contributed by atoms with Gasteiger partial charge in [0.05, 0.1) is 0 Å². The van der Waals surface area contributed by atoms with Gasteiger partial charge in [0.15, 0.2) is 6.10 Å². The van der Waals surface area contributed by atoms with Crippen molar-refractivity contribution in [3.05, 3.63) is 36.5 Å². The van der Waals surface area contributed by atoms with Gasteiger partial charge in [-0.25, -0.2) is 0 Å². The average Bonchev–Trinajstić information content (AvgIpc) is 3.23. The molecule has 0 bridgehead atoms. The number of allylic oxidation sites excluding steroid dienone is 6. The van der Waals surface area contributed by atoms with Crippen molar-refractivity contribution < 1.29 is 28.6 Å². The largest absolute Gasteiger partial charge is 0.462 e. The molecule has 6 nitrogen and oxygen atoms in total. The van der Waals surface area contributed by atoms with Gasteiger partial charge in [-0.15, -0.1) is 0 Å². The lowest BCUT2D eigenvalue weighted by atomic mass is 10.0. The monoisotopic (exact) mass is 829 g/mol. The fourth-order valence-electron chi connectivity index (χ4n) is 7.23. The number of rotatable bonds is 46. The molecule has 0 saturated carbocycles. The highest BCUT2D eigenvalue weighted by Crippen LogP contribution is 2.15. The Bertz CT molecular complexity index is 1000. The van der Waals surface area contributed by atoms with Crippen LogP contribution in [0.2, 0.25) is 0 Å². The van der Waals surface area contributed by atoms with Crippen LogP contribution in [0.1, 0.15) is 265 Å². The molecule has 0 aromatic heterocycles. The molecule has 0 fully saturated rings. The van der Waals surface area contributed by atoms with E-state index in [9.17, 15) is 14.4 Å². The van der Waals surface area contributed by atoms with Gasteiger partial charge in [-0.3, -0.25) is 14.4 Å². The van der Waals surface area contributed by atoms with Crippen molar-refractivity contribution in [1.82, 2.24) is 0 Å². The molecule has 6 heteroatoms. The van der Waals surface area contributed by atoms with Crippen molar-refractivity contribution in [3.8, 4) is 0 Å². The van der Waals surface area contributed by atoms with Crippen molar-refractivity contribution >= 4 is 17.9 Å². The summed E-state index contributed by atoms with van der Waals surface area (Å²) in [6, 6.07) is 0. The Kier molecular flexibility index (Phi) is 46.4. The minimum Gasteiger partial charge on any atom is -0.462 e. The average molecular weight is 829 g/mol. The molecule has 59 heavy (non-hydrogen) atoms. The van der Waals surface area contributed by atoms with Crippen LogP contribution in [0, 0.1) is 0 Å². The summed E-state index contributed by atoms with van der Waals surface area (Å²) in [6.07, 6.45) is 55.5. The number of esters is 3. The Morgan fingerprint density at radius 2 is 0.610 bits per heavy atom. The molecule has 0 radical (unpaired) electrons. The summed E-state index contributed by atoms with van der Waals surface area (Å²) in [5.41, 5.74) is 0. The van der Waals surface area contributed by atoms with E-state index in [4.69, 9.17) is 14.2 Å². The molecule has 0 aliphatic carbocycles. The van der Waals surface area contributed by atoms with Crippen molar-refractivity contribution in [2.45, 2.75) is 271 Å². The molecule has 344 valence electrons. The van der Waals surface area contributed by atoms with E-state index in [1.807, 2.05) is 0 Å². The van der Waals surface area contributed by atoms with Crippen molar-refractivity contribution in [2.75, 3.05) is 13.2 Å². The topological polar surface area (TPSA) is 78.9 Å². The summed E-state index contributed by atoms with van der Waals surface area (Å²) in [5.74, 6) is -0.892.